The predicted molar refractivity (Wildman–Crippen MR) is 93.6 cm³/mol. The zero-order valence-electron chi connectivity index (χ0n) is 14.4. The summed E-state index contributed by atoms with van der Waals surface area (Å²) in [5.41, 5.74) is 1.49. The minimum Gasteiger partial charge on any atom is -0.465 e. The molecule has 10 heteroatoms. The minimum atomic E-state index is -4.58. The molecule has 146 valence electrons. The van der Waals surface area contributed by atoms with Crippen molar-refractivity contribution < 1.29 is 32.3 Å². The molecule has 0 aliphatic carbocycles. The molecule has 0 fully saturated rings. The zero-order valence-corrected chi connectivity index (χ0v) is 14.4. The van der Waals surface area contributed by atoms with E-state index in [1.54, 1.807) is 12.1 Å². The van der Waals surface area contributed by atoms with Gasteiger partial charge in [0.2, 0.25) is 0 Å². The second-order valence-corrected chi connectivity index (χ2v) is 5.35. The molecule has 0 bridgehead atoms. The SMILES string of the molecule is COC(=O)c1cccc(/C=N\NC(=O)C(=O)Nc2cccc(C(F)(F)F)c2)c1. The van der Waals surface area contributed by atoms with E-state index in [2.05, 4.69) is 9.84 Å². The van der Waals surface area contributed by atoms with Gasteiger partial charge in [0.05, 0.1) is 24.5 Å². The summed E-state index contributed by atoms with van der Waals surface area (Å²) in [4.78, 5) is 34.9. The average molecular weight is 393 g/mol. The first-order valence-corrected chi connectivity index (χ1v) is 7.70. The number of rotatable bonds is 4. The predicted octanol–water partition coefficient (Wildman–Crippen LogP) is 2.58. The van der Waals surface area contributed by atoms with Crippen molar-refractivity contribution >= 4 is 29.7 Å². The van der Waals surface area contributed by atoms with Gasteiger partial charge in [0, 0.05) is 5.69 Å². The van der Waals surface area contributed by atoms with Gasteiger partial charge in [0.25, 0.3) is 0 Å². The molecule has 0 spiro atoms. The van der Waals surface area contributed by atoms with Gasteiger partial charge in [0.1, 0.15) is 0 Å². The van der Waals surface area contributed by atoms with Crippen LogP contribution in [0, 0.1) is 0 Å². The molecular weight excluding hydrogens is 379 g/mol. The Balaban J connectivity index is 1.97. The number of methoxy groups -OCH3 is 1. The lowest BCUT2D eigenvalue weighted by Crippen LogP contribution is -2.32. The summed E-state index contributed by atoms with van der Waals surface area (Å²) in [5.74, 6) is -2.93. The number of ether oxygens (including phenoxy) is 1. The Morgan fingerprint density at radius 2 is 1.75 bits per heavy atom. The van der Waals surface area contributed by atoms with E-state index in [4.69, 9.17) is 0 Å². The van der Waals surface area contributed by atoms with E-state index in [1.165, 1.54) is 31.5 Å². The van der Waals surface area contributed by atoms with Crippen molar-refractivity contribution in [3.8, 4) is 0 Å². The average Bonchev–Trinajstić information content (AvgIpc) is 2.67. The van der Waals surface area contributed by atoms with Crippen molar-refractivity contribution in [2.75, 3.05) is 12.4 Å². The van der Waals surface area contributed by atoms with Gasteiger partial charge in [-0.25, -0.2) is 10.2 Å². The highest BCUT2D eigenvalue weighted by atomic mass is 19.4. The van der Waals surface area contributed by atoms with E-state index in [0.29, 0.717) is 11.6 Å². The molecule has 0 atom stereocenters. The van der Waals surface area contributed by atoms with Gasteiger partial charge < -0.3 is 10.1 Å². The van der Waals surface area contributed by atoms with Crippen LogP contribution >= 0.6 is 0 Å². The molecule has 0 saturated carbocycles. The number of carbonyl (C=O) groups is 3. The third-order valence-electron chi connectivity index (χ3n) is 3.34. The fourth-order valence-electron chi connectivity index (χ4n) is 2.04. The number of amides is 2. The summed E-state index contributed by atoms with van der Waals surface area (Å²) < 4.78 is 42.5. The van der Waals surface area contributed by atoms with E-state index in [0.717, 1.165) is 12.1 Å². The highest BCUT2D eigenvalue weighted by Crippen LogP contribution is 2.30. The summed E-state index contributed by atoms with van der Waals surface area (Å²) in [6.45, 7) is 0. The molecule has 0 aliphatic heterocycles. The molecule has 0 aliphatic rings. The van der Waals surface area contributed by atoms with E-state index >= 15 is 0 Å². The van der Waals surface area contributed by atoms with Gasteiger partial charge in [-0.15, -0.1) is 0 Å². The standard InChI is InChI=1S/C18H14F3N3O4/c1-28-17(27)12-5-2-4-11(8-12)10-22-24-16(26)15(25)23-14-7-3-6-13(9-14)18(19,20)21/h2-10H,1H3,(H,23,25)(H,24,26)/b22-10-. The lowest BCUT2D eigenvalue weighted by Gasteiger charge is -2.09. The Kier molecular flexibility index (Phi) is 6.48. The molecule has 0 radical (unpaired) electrons. The van der Waals surface area contributed by atoms with Crippen molar-refractivity contribution in [1.82, 2.24) is 5.43 Å². The van der Waals surface area contributed by atoms with E-state index in [1.807, 2.05) is 10.7 Å². The van der Waals surface area contributed by atoms with Crippen LogP contribution in [0.4, 0.5) is 18.9 Å². The molecule has 2 aromatic rings. The summed E-state index contributed by atoms with van der Waals surface area (Å²) in [6, 6.07) is 9.97. The normalized spacial score (nSPS) is 11.1. The maximum absolute atomic E-state index is 12.7. The van der Waals surface area contributed by atoms with Crippen LogP contribution in [0.15, 0.2) is 53.6 Å². The Morgan fingerprint density at radius 1 is 1.04 bits per heavy atom. The van der Waals surface area contributed by atoms with Gasteiger partial charge in [-0.3, -0.25) is 9.59 Å². The molecule has 2 aromatic carbocycles. The summed E-state index contributed by atoms with van der Waals surface area (Å²) in [5, 5.41) is 5.62. The highest BCUT2D eigenvalue weighted by molar-refractivity contribution is 6.39. The molecule has 0 saturated heterocycles. The summed E-state index contributed by atoms with van der Waals surface area (Å²) in [7, 11) is 1.23. The highest BCUT2D eigenvalue weighted by Gasteiger charge is 2.30. The Morgan fingerprint density at radius 3 is 2.43 bits per heavy atom. The monoisotopic (exact) mass is 393 g/mol. The summed E-state index contributed by atoms with van der Waals surface area (Å²) >= 11 is 0. The quantitative estimate of drug-likeness (QED) is 0.361. The third kappa shape index (κ3) is 5.66. The first kappa shape index (κ1) is 20.6. The van der Waals surface area contributed by atoms with Crippen molar-refractivity contribution in [3.63, 3.8) is 0 Å². The lowest BCUT2D eigenvalue weighted by molar-refractivity contribution is -0.137. The second kappa shape index (κ2) is 8.80. The first-order chi connectivity index (χ1) is 13.2. The number of esters is 1. The number of nitrogens with zero attached hydrogens (tertiary/aromatic N) is 1. The third-order valence-corrected chi connectivity index (χ3v) is 3.34. The molecule has 28 heavy (non-hydrogen) atoms. The molecule has 0 unspecified atom stereocenters. The summed E-state index contributed by atoms with van der Waals surface area (Å²) in [6.07, 6.45) is -3.39. The van der Waals surface area contributed by atoms with E-state index in [9.17, 15) is 27.6 Å². The van der Waals surface area contributed by atoms with Crippen LogP contribution in [0.25, 0.3) is 0 Å². The fourth-order valence-corrected chi connectivity index (χ4v) is 2.04. The Bertz CT molecular complexity index is 926. The molecule has 0 aromatic heterocycles. The Hall–Kier alpha value is -3.69. The van der Waals surface area contributed by atoms with Crippen LogP contribution in [0.2, 0.25) is 0 Å². The van der Waals surface area contributed by atoms with Gasteiger partial charge in [-0.05, 0) is 35.9 Å². The first-order valence-electron chi connectivity index (χ1n) is 7.70. The van der Waals surface area contributed by atoms with Crippen LogP contribution in [-0.2, 0) is 20.5 Å². The molecular formula is C18H14F3N3O4. The number of alkyl halides is 3. The molecule has 2 N–H and O–H groups in total. The maximum atomic E-state index is 12.7. The van der Waals surface area contributed by atoms with Crippen molar-refractivity contribution in [1.29, 1.82) is 0 Å². The number of halogens is 3. The van der Waals surface area contributed by atoms with Crippen molar-refractivity contribution in [2.45, 2.75) is 6.18 Å². The van der Waals surface area contributed by atoms with Crippen LogP contribution in [-0.4, -0.2) is 31.1 Å². The van der Waals surface area contributed by atoms with Crippen molar-refractivity contribution in [2.24, 2.45) is 5.10 Å². The number of hydrogen-bond donors (Lipinski definition) is 2. The molecule has 2 amide bonds. The maximum Gasteiger partial charge on any atom is 0.416 e. The van der Waals surface area contributed by atoms with Crippen LogP contribution in [0.1, 0.15) is 21.5 Å². The smallest absolute Gasteiger partial charge is 0.416 e. The van der Waals surface area contributed by atoms with Gasteiger partial charge >= 0.3 is 24.0 Å². The number of anilines is 1. The zero-order chi connectivity index (χ0) is 20.7. The molecule has 2 rings (SSSR count). The number of hydrogen-bond acceptors (Lipinski definition) is 5. The van der Waals surface area contributed by atoms with Gasteiger partial charge in [-0.1, -0.05) is 18.2 Å². The van der Waals surface area contributed by atoms with Crippen molar-refractivity contribution in [3.05, 3.63) is 65.2 Å². The topological polar surface area (TPSA) is 96.9 Å². The van der Waals surface area contributed by atoms with E-state index in [-0.39, 0.29) is 11.3 Å². The molecule has 7 nitrogen and oxygen atoms in total. The molecule has 0 heterocycles. The Labute approximate surface area is 157 Å². The number of benzene rings is 2. The minimum absolute atomic E-state index is 0.190. The lowest BCUT2D eigenvalue weighted by atomic mass is 10.1. The van der Waals surface area contributed by atoms with Crippen LogP contribution in [0.3, 0.4) is 0 Å². The number of nitrogens with one attached hydrogen (secondary N) is 2. The van der Waals surface area contributed by atoms with Crippen LogP contribution in [0.5, 0.6) is 0 Å². The second-order valence-electron chi connectivity index (χ2n) is 5.35. The number of hydrazone groups is 1. The fraction of sp³-hybridized carbons (Fsp3) is 0.111. The largest absolute Gasteiger partial charge is 0.465 e. The number of carbonyl (C=O) groups excluding carboxylic acids is 3. The van der Waals surface area contributed by atoms with E-state index < -0.39 is 29.5 Å². The van der Waals surface area contributed by atoms with Gasteiger partial charge in [0.15, 0.2) is 0 Å². The van der Waals surface area contributed by atoms with Gasteiger partial charge in [-0.2, -0.15) is 18.3 Å². The van der Waals surface area contributed by atoms with Crippen LogP contribution < -0.4 is 10.7 Å².